The average Bonchev–Trinajstić information content (AvgIpc) is 2.38. The van der Waals surface area contributed by atoms with Crippen molar-refractivity contribution in [1.82, 2.24) is 0 Å². The van der Waals surface area contributed by atoms with Crippen LogP contribution in [0.1, 0.15) is 12.5 Å². The van der Waals surface area contributed by atoms with Gasteiger partial charge in [0.25, 0.3) is 0 Å². The highest BCUT2D eigenvalue weighted by molar-refractivity contribution is 5.82. The molecule has 0 aliphatic carbocycles. The molecule has 0 aliphatic rings. The quantitative estimate of drug-likeness (QED) is 0.569. The zero-order valence-corrected chi connectivity index (χ0v) is 12.2. The van der Waals surface area contributed by atoms with E-state index in [1.54, 1.807) is 0 Å². The van der Waals surface area contributed by atoms with Gasteiger partial charge in [-0.1, -0.05) is 36.4 Å². The van der Waals surface area contributed by atoms with E-state index in [9.17, 15) is 0 Å². The van der Waals surface area contributed by atoms with Crippen molar-refractivity contribution in [2.24, 2.45) is 0 Å². The van der Waals surface area contributed by atoms with Crippen LogP contribution in [0.2, 0.25) is 0 Å². The van der Waals surface area contributed by atoms with Crippen molar-refractivity contribution in [2.75, 3.05) is 33.9 Å². The van der Waals surface area contributed by atoms with Gasteiger partial charge in [-0.05, 0) is 23.8 Å². The summed E-state index contributed by atoms with van der Waals surface area (Å²) in [6, 6.07) is 15.3. The first-order valence-corrected chi connectivity index (χ1v) is 6.98. The Morgan fingerprint density at radius 1 is 1.00 bits per heavy atom. The van der Waals surface area contributed by atoms with E-state index in [1.165, 1.54) is 16.3 Å². The molecule has 0 N–H and O–H groups in total. The van der Waals surface area contributed by atoms with E-state index in [2.05, 4.69) is 56.6 Å². The van der Waals surface area contributed by atoms with Crippen LogP contribution in [-0.4, -0.2) is 38.3 Å². The van der Waals surface area contributed by atoms with Crippen molar-refractivity contribution in [1.29, 1.82) is 0 Å². The molecule has 0 spiro atoms. The van der Waals surface area contributed by atoms with E-state index >= 15 is 0 Å². The molecule has 2 heteroatoms. The normalized spacial score (nSPS) is 11.9. The van der Waals surface area contributed by atoms with Crippen LogP contribution in [0.3, 0.4) is 0 Å². The lowest BCUT2D eigenvalue weighted by Gasteiger charge is -2.29. The van der Waals surface area contributed by atoms with E-state index in [0.29, 0.717) is 0 Å². The predicted molar refractivity (Wildman–Crippen MR) is 81.1 cm³/mol. The molecule has 0 aromatic heterocycles. The monoisotopic (exact) mass is 258 g/mol. The topological polar surface area (TPSA) is 9.23 Å². The lowest BCUT2D eigenvalue weighted by atomic mass is 10.1. The maximum absolute atomic E-state index is 5.46. The van der Waals surface area contributed by atoms with Crippen LogP contribution < -0.4 is 0 Å². The average molecular weight is 258 g/mol. The first-order chi connectivity index (χ1) is 9.11. The fraction of sp³-hybridized carbons (Fsp3) is 0.412. The Labute approximate surface area is 116 Å². The Kier molecular flexibility index (Phi) is 4.56. The van der Waals surface area contributed by atoms with Gasteiger partial charge < -0.3 is 9.22 Å². The first kappa shape index (κ1) is 14.0. The van der Waals surface area contributed by atoms with Crippen molar-refractivity contribution in [3.05, 3.63) is 48.0 Å². The van der Waals surface area contributed by atoms with E-state index in [4.69, 9.17) is 4.74 Å². The minimum absolute atomic E-state index is 0.802. The van der Waals surface area contributed by atoms with Crippen LogP contribution in [0.15, 0.2) is 42.5 Å². The van der Waals surface area contributed by atoms with Gasteiger partial charge in [0.15, 0.2) is 0 Å². The van der Waals surface area contributed by atoms with Crippen LogP contribution >= 0.6 is 0 Å². The highest BCUT2D eigenvalue weighted by atomic mass is 16.5. The molecule has 0 atom stereocenters. The van der Waals surface area contributed by atoms with Gasteiger partial charge in [-0.3, -0.25) is 0 Å². The number of quaternary nitrogens is 1. The van der Waals surface area contributed by atoms with Gasteiger partial charge in [-0.15, -0.1) is 0 Å². The fourth-order valence-electron chi connectivity index (χ4n) is 2.37. The minimum atomic E-state index is 0.802. The summed E-state index contributed by atoms with van der Waals surface area (Å²) < 4.78 is 6.42. The molecule has 102 valence electrons. The number of rotatable bonds is 6. The van der Waals surface area contributed by atoms with Crippen LogP contribution in [0.25, 0.3) is 10.8 Å². The summed E-state index contributed by atoms with van der Waals surface area (Å²) >= 11 is 0. The lowest BCUT2D eigenvalue weighted by molar-refractivity contribution is -0.904. The zero-order valence-electron chi connectivity index (χ0n) is 12.2. The van der Waals surface area contributed by atoms with Crippen LogP contribution in [0, 0.1) is 0 Å². The third-order valence-corrected chi connectivity index (χ3v) is 3.47. The molecule has 0 amide bonds. The minimum Gasteiger partial charge on any atom is -0.376 e. The summed E-state index contributed by atoms with van der Waals surface area (Å²) in [6.07, 6.45) is 0. The standard InChI is InChI=1S/C17H24NO/c1-4-19-12-11-18(2,3)14-15-9-10-16-7-5-6-8-17(16)13-15/h5-10,13H,4,11-12,14H2,1-3H3/q+1. The van der Waals surface area contributed by atoms with E-state index in [-0.39, 0.29) is 0 Å². The maximum Gasteiger partial charge on any atom is 0.104 e. The molecule has 0 bridgehead atoms. The largest absolute Gasteiger partial charge is 0.376 e. The fourth-order valence-corrected chi connectivity index (χ4v) is 2.37. The second kappa shape index (κ2) is 6.18. The molecule has 2 aromatic carbocycles. The molecule has 0 heterocycles. The van der Waals surface area contributed by atoms with Crippen LogP contribution in [-0.2, 0) is 11.3 Å². The highest BCUT2D eigenvalue weighted by Crippen LogP contribution is 2.18. The van der Waals surface area contributed by atoms with Gasteiger partial charge in [0.05, 0.1) is 20.7 Å². The zero-order chi connectivity index (χ0) is 13.7. The molecule has 0 unspecified atom stereocenters. The molecule has 19 heavy (non-hydrogen) atoms. The molecular formula is C17H24NO+. The predicted octanol–water partition coefficient (Wildman–Crippen LogP) is 3.45. The third-order valence-electron chi connectivity index (χ3n) is 3.47. The highest BCUT2D eigenvalue weighted by Gasteiger charge is 2.15. The van der Waals surface area contributed by atoms with Crippen molar-refractivity contribution >= 4 is 10.8 Å². The molecule has 2 rings (SSSR count). The van der Waals surface area contributed by atoms with Crippen molar-refractivity contribution in [3.8, 4) is 0 Å². The number of benzene rings is 2. The van der Waals surface area contributed by atoms with Crippen LogP contribution in [0.5, 0.6) is 0 Å². The Hall–Kier alpha value is -1.38. The first-order valence-electron chi connectivity index (χ1n) is 6.98. The molecule has 0 fully saturated rings. The molecular weight excluding hydrogens is 234 g/mol. The molecule has 0 saturated carbocycles. The molecule has 2 aromatic rings. The second-order valence-corrected chi connectivity index (χ2v) is 5.70. The summed E-state index contributed by atoms with van der Waals surface area (Å²) in [4.78, 5) is 0. The van der Waals surface area contributed by atoms with E-state index in [1.807, 2.05) is 6.92 Å². The molecule has 0 radical (unpaired) electrons. The summed E-state index contributed by atoms with van der Waals surface area (Å²) in [7, 11) is 4.52. The van der Waals surface area contributed by atoms with Gasteiger partial charge in [0.2, 0.25) is 0 Å². The SMILES string of the molecule is CCOCC[N+](C)(C)Cc1ccc2ccccc2c1. The van der Waals surface area contributed by atoms with Crippen molar-refractivity contribution in [2.45, 2.75) is 13.5 Å². The van der Waals surface area contributed by atoms with Crippen LogP contribution in [0.4, 0.5) is 0 Å². The van der Waals surface area contributed by atoms with Gasteiger partial charge in [-0.25, -0.2) is 0 Å². The van der Waals surface area contributed by atoms with E-state index in [0.717, 1.165) is 30.8 Å². The van der Waals surface area contributed by atoms with E-state index < -0.39 is 0 Å². The number of likely N-dealkylation sites (N-methyl/N-ethyl adjacent to an activating group) is 1. The smallest absolute Gasteiger partial charge is 0.104 e. The number of ether oxygens (including phenoxy) is 1. The summed E-state index contributed by atoms with van der Waals surface area (Å²) in [5.74, 6) is 0. The summed E-state index contributed by atoms with van der Waals surface area (Å²) in [5.41, 5.74) is 1.39. The van der Waals surface area contributed by atoms with Gasteiger partial charge in [0, 0.05) is 12.2 Å². The Morgan fingerprint density at radius 2 is 1.74 bits per heavy atom. The molecule has 2 nitrogen and oxygen atoms in total. The maximum atomic E-state index is 5.46. The number of hydrogen-bond donors (Lipinski definition) is 0. The second-order valence-electron chi connectivity index (χ2n) is 5.70. The lowest BCUT2D eigenvalue weighted by Crippen LogP contribution is -2.41. The third kappa shape index (κ3) is 4.05. The van der Waals surface area contributed by atoms with Crippen molar-refractivity contribution < 1.29 is 9.22 Å². The number of nitrogens with zero attached hydrogens (tertiary/aromatic N) is 1. The van der Waals surface area contributed by atoms with Gasteiger partial charge >= 0.3 is 0 Å². The number of hydrogen-bond acceptors (Lipinski definition) is 1. The molecule has 0 aliphatic heterocycles. The van der Waals surface area contributed by atoms with Crippen molar-refractivity contribution in [3.63, 3.8) is 0 Å². The van der Waals surface area contributed by atoms with Gasteiger partial charge in [0.1, 0.15) is 13.1 Å². The Morgan fingerprint density at radius 3 is 2.47 bits per heavy atom. The van der Waals surface area contributed by atoms with Gasteiger partial charge in [-0.2, -0.15) is 0 Å². The number of fused-ring (bicyclic) bond motifs is 1. The molecule has 0 saturated heterocycles. The Bertz CT molecular complexity index is 534. The summed E-state index contributed by atoms with van der Waals surface area (Å²) in [5, 5.41) is 2.63. The Balaban J connectivity index is 2.07. The summed E-state index contributed by atoms with van der Waals surface area (Å²) in [6.45, 7) is 5.76.